The van der Waals surface area contributed by atoms with Crippen LogP contribution in [0.3, 0.4) is 0 Å². The van der Waals surface area contributed by atoms with Crippen LogP contribution in [0.2, 0.25) is 0 Å². The van der Waals surface area contributed by atoms with Gasteiger partial charge in [0.15, 0.2) is 5.82 Å². The molecule has 1 heterocycles. The van der Waals surface area contributed by atoms with Gasteiger partial charge in [-0.05, 0) is 18.8 Å². The topological polar surface area (TPSA) is 64.9 Å². The first-order valence-corrected chi connectivity index (χ1v) is 5.67. The molecular formula is C11H19N3O. The average molecular weight is 209 g/mol. The fraction of sp³-hybridized carbons (Fsp3) is 0.818. The average Bonchev–Trinajstić information content (AvgIpc) is 2.75. The lowest BCUT2D eigenvalue weighted by Gasteiger charge is -2.24. The van der Waals surface area contributed by atoms with Crippen LogP contribution in [0.1, 0.15) is 57.7 Å². The standard InChI is InChI=1S/C11H19N3O/c1-7(2)9-13-10(14-15-9)11(12)6-4-5-8(11)3/h7-8H,4-6,12H2,1-3H3. The largest absolute Gasteiger partial charge is 0.339 e. The zero-order valence-electron chi connectivity index (χ0n) is 9.66. The molecule has 0 bridgehead atoms. The van der Waals surface area contributed by atoms with E-state index < -0.39 is 0 Å². The van der Waals surface area contributed by atoms with Gasteiger partial charge in [-0.15, -0.1) is 0 Å². The third-order valence-electron chi connectivity index (χ3n) is 3.46. The van der Waals surface area contributed by atoms with E-state index in [9.17, 15) is 0 Å². The van der Waals surface area contributed by atoms with Gasteiger partial charge in [-0.3, -0.25) is 0 Å². The molecule has 2 N–H and O–H groups in total. The quantitative estimate of drug-likeness (QED) is 0.810. The SMILES string of the molecule is CC(C)c1nc(C2(N)CCCC2C)no1. The van der Waals surface area contributed by atoms with Crippen molar-refractivity contribution in [1.82, 2.24) is 10.1 Å². The summed E-state index contributed by atoms with van der Waals surface area (Å²) < 4.78 is 5.21. The number of hydrogen-bond donors (Lipinski definition) is 1. The Morgan fingerprint density at radius 1 is 1.53 bits per heavy atom. The van der Waals surface area contributed by atoms with Gasteiger partial charge in [0.25, 0.3) is 0 Å². The predicted octanol–water partition coefficient (Wildman–Crippen LogP) is 2.17. The van der Waals surface area contributed by atoms with E-state index in [0.29, 0.717) is 17.6 Å². The predicted molar refractivity (Wildman–Crippen MR) is 57.3 cm³/mol. The molecule has 0 spiro atoms. The lowest BCUT2D eigenvalue weighted by atomic mass is 9.89. The van der Waals surface area contributed by atoms with Crippen molar-refractivity contribution in [3.63, 3.8) is 0 Å². The van der Waals surface area contributed by atoms with E-state index in [-0.39, 0.29) is 11.5 Å². The third-order valence-corrected chi connectivity index (χ3v) is 3.46. The summed E-state index contributed by atoms with van der Waals surface area (Å²) in [5.74, 6) is 2.09. The van der Waals surface area contributed by atoms with Crippen LogP contribution < -0.4 is 5.73 Å². The van der Waals surface area contributed by atoms with Gasteiger partial charge in [-0.1, -0.05) is 32.3 Å². The number of hydrogen-bond acceptors (Lipinski definition) is 4. The van der Waals surface area contributed by atoms with E-state index in [4.69, 9.17) is 10.3 Å². The molecule has 4 heteroatoms. The summed E-state index contributed by atoms with van der Waals surface area (Å²) in [6.07, 6.45) is 3.27. The van der Waals surface area contributed by atoms with Crippen LogP contribution >= 0.6 is 0 Å². The molecule has 1 aromatic heterocycles. The molecule has 0 aliphatic heterocycles. The first kappa shape index (κ1) is 10.6. The van der Waals surface area contributed by atoms with E-state index in [2.05, 4.69) is 17.1 Å². The van der Waals surface area contributed by atoms with Crippen molar-refractivity contribution >= 4 is 0 Å². The van der Waals surface area contributed by atoms with Crippen LogP contribution in [0.15, 0.2) is 4.52 Å². The van der Waals surface area contributed by atoms with Crippen molar-refractivity contribution in [2.45, 2.75) is 51.5 Å². The van der Waals surface area contributed by atoms with Crippen molar-refractivity contribution in [3.8, 4) is 0 Å². The normalized spacial score (nSPS) is 31.4. The molecular weight excluding hydrogens is 190 g/mol. The van der Waals surface area contributed by atoms with Crippen molar-refractivity contribution in [2.24, 2.45) is 11.7 Å². The summed E-state index contributed by atoms with van der Waals surface area (Å²) in [4.78, 5) is 4.41. The Morgan fingerprint density at radius 3 is 2.73 bits per heavy atom. The van der Waals surface area contributed by atoms with E-state index >= 15 is 0 Å². The summed E-state index contributed by atoms with van der Waals surface area (Å²) in [5, 5.41) is 4.03. The lowest BCUT2D eigenvalue weighted by Crippen LogP contribution is -2.40. The maximum atomic E-state index is 6.35. The van der Waals surface area contributed by atoms with Gasteiger partial charge in [0, 0.05) is 5.92 Å². The highest BCUT2D eigenvalue weighted by molar-refractivity contribution is 5.09. The number of nitrogens with zero attached hydrogens (tertiary/aromatic N) is 2. The van der Waals surface area contributed by atoms with Crippen LogP contribution in [-0.2, 0) is 5.54 Å². The van der Waals surface area contributed by atoms with E-state index in [1.165, 1.54) is 0 Å². The minimum Gasteiger partial charge on any atom is -0.339 e. The van der Waals surface area contributed by atoms with E-state index in [0.717, 1.165) is 19.3 Å². The molecule has 1 aliphatic rings. The summed E-state index contributed by atoms with van der Waals surface area (Å²) in [6.45, 7) is 6.25. The van der Waals surface area contributed by atoms with Gasteiger partial charge in [-0.2, -0.15) is 4.98 Å². The molecule has 2 rings (SSSR count). The highest BCUT2D eigenvalue weighted by atomic mass is 16.5. The zero-order valence-corrected chi connectivity index (χ0v) is 9.66. The van der Waals surface area contributed by atoms with Gasteiger partial charge in [0.05, 0.1) is 5.54 Å². The minimum atomic E-state index is -0.364. The first-order valence-electron chi connectivity index (χ1n) is 5.67. The Bertz CT molecular complexity index is 347. The van der Waals surface area contributed by atoms with Crippen LogP contribution in [0.5, 0.6) is 0 Å². The van der Waals surface area contributed by atoms with Crippen molar-refractivity contribution in [1.29, 1.82) is 0 Å². The maximum absolute atomic E-state index is 6.35. The Labute approximate surface area is 90.2 Å². The summed E-state index contributed by atoms with van der Waals surface area (Å²) >= 11 is 0. The van der Waals surface area contributed by atoms with Crippen LogP contribution in [0, 0.1) is 5.92 Å². The van der Waals surface area contributed by atoms with Crippen LogP contribution in [0.25, 0.3) is 0 Å². The van der Waals surface area contributed by atoms with Gasteiger partial charge in [0.2, 0.25) is 5.89 Å². The second kappa shape index (κ2) is 3.59. The minimum absolute atomic E-state index is 0.270. The highest BCUT2D eigenvalue weighted by Crippen LogP contribution is 2.39. The van der Waals surface area contributed by atoms with E-state index in [1.54, 1.807) is 0 Å². The molecule has 1 aliphatic carbocycles. The van der Waals surface area contributed by atoms with Gasteiger partial charge < -0.3 is 10.3 Å². The molecule has 1 aromatic rings. The van der Waals surface area contributed by atoms with E-state index in [1.807, 2.05) is 13.8 Å². The second-order valence-electron chi connectivity index (χ2n) is 4.94. The fourth-order valence-electron chi connectivity index (χ4n) is 2.20. The Kier molecular flexibility index (Phi) is 2.54. The molecule has 0 aromatic carbocycles. The smallest absolute Gasteiger partial charge is 0.229 e. The number of nitrogens with two attached hydrogens (primary N) is 1. The lowest BCUT2D eigenvalue weighted by molar-refractivity contribution is 0.302. The summed E-state index contributed by atoms with van der Waals surface area (Å²) in [6, 6.07) is 0. The first-order chi connectivity index (χ1) is 7.04. The van der Waals surface area contributed by atoms with Crippen molar-refractivity contribution in [2.75, 3.05) is 0 Å². The molecule has 2 unspecified atom stereocenters. The molecule has 15 heavy (non-hydrogen) atoms. The Morgan fingerprint density at radius 2 is 2.27 bits per heavy atom. The third kappa shape index (κ3) is 1.67. The summed E-state index contributed by atoms with van der Waals surface area (Å²) in [7, 11) is 0. The molecule has 4 nitrogen and oxygen atoms in total. The maximum Gasteiger partial charge on any atom is 0.229 e. The zero-order chi connectivity index (χ0) is 11.1. The van der Waals surface area contributed by atoms with Crippen LogP contribution in [0.4, 0.5) is 0 Å². The molecule has 1 fully saturated rings. The molecule has 1 saturated carbocycles. The highest BCUT2D eigenvalue weighted by Gasteiger charge is 2.42. The van der Waals surface area contributed by atoms with Crippen LogP contribution in [-0.4, -0.2) is 10.1 Å². The molecule has 2 atom stereocenters. The number of aromatic nitrogens is 2. The van der Waals surface area contributed by atoms with Gasteiger partial charge in [-0.25, -0.2) is 0 Å². The number of rotatable bonds is 2. The van der Waals surface area contributed by atoms with Crippen molar-refractivity contribution < 1.29 is 4.52 Å². The van der Waals surface area contributed by atoms with Gasteiger partial charge in [0.1, 0.15) is 0 Å². The Balaban J connectivity index is 2.28. The molecule has 84 valence electrons. The van der Waals surface area contributed by atoms with Crippen molar-refractivity contribution in [3.05, 3.63) is 11.7 Å². The molecule has 0 radical (unpaired) electrons. The Hall–Kier alpha value is -0.900. The molecule has 0 saturated heterocycles. The second-order valence-corrected chi connectivity index (χ2v) is 4.94. The monoisotopic (exact) mass is 209 g/mol. The fourth-order valence-corrected chi connectivity index (χ4v) is 2.20. The molecule has 0 amide bonds. The van der Waals surface area contributed by atoms with Gasteiger partial charge >= 0.3 is 0 Å². The summed E-state index contributed by atoms with van der Waals surface area (Å²) in [5.41, 5.74) is 5.99.